The van der Waals surface area contributed by atoms with Crippen molar-refractivity contribution in [3.05, 3.63) is 33.5 Å². The molecule has 0 saturated carbocycles. The van der Waals surface area contributed by atoms with Crippen LogP contribution in [0.25, 0.3) is 0 Å². The van der Waals surface area contributed by atoms with Crippen molar-refractivity contribution in [3.63, 3.8) is 0 Å². The van der Waals surface area contributed by atoms with Crippen LogP contribution in [-0.4, -0.2) is 34.3 Å². The first kappa shape index (κ1) is 18.9. The average molecular weight is 434 g/mol. The normalized spacial score (nSPS) is 11.2. The van der Waals surface area contributed by atoms with Crippen molar-refractivity contribution in [2.75, 3.05) is 13.6 Å². The van der Waals surface area contributed by atoms with E-state index in [1.807, 2.05) is 37.8 Å². The Morgan fingerprint density at radius 3 is 2.64 bits per heavy atom. The number of nitrogens with one attached hydrogen (secondary N) is 2. The van der Waals surface area contributed by atoms with Gasteiger partial charge in [-0.1, -0.05) is 0 Å². The first-order valence-corrected chi connectivity index (χ1v) is 7.76. The Bertz CT molecular complexity index is 619. The molecule has 0 amide bonds. The summed E-state index contributed by atoms with van der Waals surface area (Å²) in [6.45, 7) is 8.44. The Morgan fingerprint density at radius 1 is 1.32 bits per heavy atom. The molecule has 0 fully saturated rings. The number of nitrogens with zero attached hydrogens (tertiary/aromatic N) is 4. The maximum Gasteiger partial charge on any atom is 0.191 e. The molecule has 2 rings (SSSR count). The van der Waals surface area contributed by atoms with Crippen LogP contribution in [0, 0.1) is 20.8 Å². The number of halogens is 1. The molecular formula is C14H23IN6S. The van der Waals surface area contributed by atoms with Gasteiger partial charge in [0.15, 0.2) is 5.96 Å². The Morgan fingerprint density at radius 2 is 2.09 bits per heavy atom. The highest BCUT2D eigenvalue weighted by atomic mass is 127. The fraction of sp³-hybridized carbons (Fsp3) is 0.500. The number of aromatic nitrogens is 3. The standard InChI is InChI=1S/C14H22N6S.HI/c1-10-7-18-20(9-10)6-5-16-14(15-4)17-8-13-11(2)19-12(3)21-13;/h7,9H,5-6,8H2,1-4H3,(H2,15,16,17);1H. The maximum atomic E-state index is 4.43. The van der Waals surface area contributed by atoms with Gasteiger partial charge in [0.1, 0.15) is 0 Å². The molecular weight excluding hydrogens is 411 g/mol. The number of hydrogen-bond donors (Lipinski definition) is 2. The molecule has 2 aromatic rings. The van der Waals surface area contributed by atoms with Crippen LogP contribution in [0.4, 0.5) is 0 Å². The van der Waals surface area contributed by atoms with Crippen molar-refractivity contribution in [1.29, 1.82) is 0 Å². The number of thiazole rings is 1. The molecule has 22 heavy (non-hydrogen) atoms. The number of aliphatic imine (C=N–C) groups is 1. The van der Waals surface area contributed by atoms with Crippen LogP contribution in [0.15, 0.2) is 17.4 Å². The Balaban J connectivity index is 0.00000242. The third-order valence-corrected chi connectivity index (χ3v) is 4.11. The number of guanidine groups is 1. The van der Waals surface area contributed by atoms with E-state index in [0.29, 0.717) is 0 Å². The first-order chi connectivity index (χ1) is 10.1. The van der Waals surface area contributed by atoms with Crippen LogP contribution in [0.2, 0.25) is 0 Å². The van der Waals surface area contributed by atoms with E-state index in [1.165, 1.54) is 10.4 Å². The van der Waals surface area contributed by atoms with E-state index >= 15 is 0 Å². The molecule has 0 aliphatic rings. The Kier molecular flexibility index (Phi) is 7.80. The lowest BCUT2D eigenvalue weighted by atomic mass is 10.4. The third-order valence-electron chi connectivity index (χ3n) is 3.04. The summed E-state index contributed by atoms with van der Waals surface area (Å²) < 4.78 is 1.92. The van der Waals surface area contributed by atoms with Gasteiger partial charge in [0.2, 0.25) is 0 Å². The molecule has 0 spiro atoms. The van der Waals surface area contributed by atoms with E-state index in [2.05, 4.69) is 25.7 Å². The maximum absolute atomic E-state index is 4.43. The molecule has 0 atom stereocenters. The third kappa shape index (κ3) is 5.56. The van der Waals surface area contributed by atoms with E-state index in [0.717, 1.165) is 36.3 Å². The molecule has 8 heteroatoms. The molecule has 2 aromatic heterocycles. The minimum Gasteiger partial charge on any atom is -0.355 e. The SMILES string of the molecule is CN=C(NCCn1cc(C)cn1)NCc1sc(C)nc1C.I. The van der Waals surface area contributed by atoms with Crippen LogP contribution in [0.3, 0.4) is 0 Å². The predicted molar refractivity (Wildman–Crippen MR) is 102 cm³/mol. The fourth-order valence-corrected chi connectivity index (χ4v) is 2.88. The van der Waals surface area contributed by atoms with Crippen molar-refractivity contribution in [3.8, 4) is 0 Å². The summed E-state index contributed by atoms with van der Waals surface area (Å²) in [5.41, 5.74) is 2.26. The van der Waals surface area contributed by atoms with Gasteiger partial charge >= 0.3 is 0 Å². The molecule has 0 unspecified atom stereocenters. The topological polar surface area (TPSA) is 67.1 Å². The molecule has 0 saturated heterocycles. The van der Waals surface area contributed by atoms with Gasteiger partial charge in [-0.2, -0.15) is 5.10 Å². The van der Waals surface area contributed by atoms with Crippen LogP contribution in [0.5, 0.6) is 0 Å². The van der Waals surface area contributed by atoms with E-state index in [9.17, 15) is 0 Å². The molecule has 0 aliphatic carbocycles. The highest BCUT2D eigenvalue weighted by molar-refractivity contribution is 14.0. The van der Waals surface area contributed by atoms with Gasteiger partial charge in [-0.3, -0.25) is 9.67 Å². The van der Waals surface area contributed by atoms with Crippen LogP contribution in [-0.2, 0) is 13.1 Å². The van der Waals surface area contributed by atoms with Gasteiger partial charge in [0, 0.05) is 24.7 Å². The summed E-state index contributed by atoms with van der Waals surface area (Å²) in [6, 6.07) is 0. The lowest BCUT2D eigenvalue weighted by Crippen LogP contribution is -2.38. The molecule has 0 radical (unpaired) electrons. The molecule has 2 heterocycles. The van der Waals surface area contributed by atoms with E-state index < -0.39 is 0 Å². The van der Waals surface area contributed by atoms with E-state index in [1.54, 1.807) is 18.4 Å². The van der Waals surface area contributed by atoms with Crippen molar-refractivity contribution in [2.45, 2.75) is 33.9 Å². The Labute approximate surface area is 152 Å². The van der Waals surface area contributed by atoms with E-state index in [4.69, 9.17) is 0 Å². The largest absolute Gasteiger partial charge is 0.355 e. The lowest BCUT2D eigenvalue weighted by molar-refractivity contribution is 0.597. The second kappa shape index (κ2) is 9.09. The van der Waals surface area contributed by atoms with Gasteiger partial charge in [0.25, 0.3) is 0 Å². The minimum atomic E-state index is 0. The van der Waals surface area contributed by atoms with Gasteiger partial charge < -0.3 is 10.6 Å². The second-order valence-corrected chi connectivity index (χ2v) is 6.16. The minimum absolute atomic E-state index is 0. The first-order valence-electron chi connectivity index (χ1n) is 6.95. The zero-order valence-electron chi connectivity index (χ0n) is 13.4. The number of rotatable bonds is 5. The molecule has 0 aromatic carbocycles. The molecule has 6 nitrogen and oxygen atoms in total. The van der Waals surface area contributed by atoms with Gasteiger partial charge in [0.05, 0.1) is 30.0 Å². The number of aryl methyl sites for hydroxylation is 3. The van der Waals surface area contributed by atoms with Crippen molar-refractivity contribution >= 4 is 41.3 Å². The van der Waals surface area contributed by atoms with Gasteiger partial charge in [-0.15, -0.1) is 35.3 Å². The smallest absolute Gasteiger partial charge is 0.191 e. The van der Waals surface area contributed by atoms with Gasteiger partial charge in [-0.05, 0) is 26.3 Å². The molecule has 122 valence electrons. The lowest BCUT2D eigenvalue weighted by Gasteiger charge is -2.11. The number of hydrogen-bond acceptors (Lipinski definition) is 4. The van der Waals surface area contributed by atoms with E-state index in [-0.39, 0.29) is 24.0 Å². The second-order valence-electron chi connectivity index (χ2n) is 4.87. The highest BCUT2D eigenvalue weighted by Gasteiger charge is 2.05. The van der Waals surface area contributed by atoms with Crippen LogP contribution < -0.4 is 10.6 Å². The summed E-state index contributed by atoms with van der Waals surface area (Å²) in [4.78, 5) is 9.90. The average Bonchev–Trinajstić information content (AvgIpc) is 2.99. The quantitative estimate of drug-likeness (QED) is 0.431. The van der Waals surface area contributed by atoms with Crippen LogP contribution in [0.1, 0.15) is 21.1 Å². The van der Waals surface area contributed by atoms with Crippen molar-refractivity contribution in [1.82, 2.24) is 25.4 Å². The van der Waals surface area contributed by atoms with Crippen molar-refractivity contribution < 1.29 is 0 Å². The Hall–Kier alpha value is -1.16. The highest BCUT2D eigenvalue weighted by Crippen LogP contribution is 2.16. The van der Waals surface area contributed by atoms with Gasteiger partial charge in [-0.25, -0.2) is 4.98 Å². The summed E-state index contributed by atoms with van der Waals surface area (Å²) in [6.07, 6.45) is 3.89. The zero-order chi connectivity index (χ0) is 15.2. The summed E-state index contributed by atoms with van der Waals surface area (Å²) in [5.74, 6) is 0.796. The van der Waals surface area contributed by atoms with Crippen LogP contribution >= 0.6 is 35.3 Å². The zero-order valence-corrected chi connectivity index (χ0v) is 16.5. The van der Waals surface area contributed by atoms with Crippen molar-refractivity contribution in [2.24, 2.45) is 4.99 Å². The monoisotopic (exact) mass is 434 g/mol. The molecule has 0 bridgehead atoms. The predicted octanol–water partition coefficient (Wildman–Crippen LogP) is 2.25. The molecule has 2 N–H and O–H groups in total. The summed E-state index contributed by atoms with van der Waals surface area (Å²) in [7, 11) is 1.78. The molecule has 0 aliphatic heterocycles. The fourth-order valence-electron chi connectivity index (χ4n) is 2.00. The summed E-state index contributed by atoms with van der Waals surface area (Å²) >= 11 is 1.72. The summed E-state index contributed by atoms with van der Waals surface area (Å²) in [5, 5.41) is 12.0.